The van der Waals surface area contributed by atoms with Gasteiger partial charge in [-0.1, -0.05) is 0 Å². The maximum absolute atomic E-state index is 13.4. The van der Waals surface area contributed by atoms with Crippen molar-refractivity contribution < 1.29 is 35.6 Å². The van der Waals surface area contributed by atoms with Crippen molar-refractivity contribution in [3.63, 3.8) is 0 Å². The number of hydrogen-bond donors (Lipinski definition) is 0. The lowest BCUT2D eigenvalue weighted by atomic mass is 10.4. The molecule has 19 heavy (non-hydrogen) atoms. The molecule has 1 rings (SSSR count). The molecule has 0 aromatic carbocycles. The number of nitro groups is 1. The van der Waals surface area contributed by atoms with E-state index in [9.17, 15) is 36.1 Å². The Kier molecular flexibility index (Phi) is 3.86. The summed E-state index contributed by atoms with van der Waals surface area (Å²) in [6.45, 7) is 0. The predicted molar refractivity (Wildman–Crippen MR) is 50.6 cm³/mol. The third-order valence-electron chi connectivity index (χ3n) is 1.57. The molecule has 0 fully saturated rings. The summed E-state index contributed by atoms with van der Waals surface area (Å²) < 4.78 is 74.4. The van der Waals surface area contributed by atoms with Crippen LogP contribution in [0.4, 0.5) is 23.4 Å². The second kappa shape index (κ2) is 4.77. The van der Waals surface area contributed by atoms with E-state index in [1.54, 1.807) is 0 Å². The average Bonchev–Trinajstić information content (AvgIpc) is 2.11. The molecular formula is C6HClF4N2O5S. The molecule has 0 radical (unpaired) electrons. The van der Waals surface area contributed by atoms with Gasteiger partial charge in [-0.2, -0.15) is 4.39 Å². The maximum atomic E-state index is 13.4. The van der Waals surface area contributed by atoms with Crippen LogP contribution in [0.2, 0.25) is 0 Å². The summed E-state index contributed by atoms with van der Waals surface area (Å²) in [4.78, 5) is 9.77. The van der Waals surface area contributed by atoms with Gasteiger partial charge >= 0.3 is 12.2 Å². The Morgan fingerprint density at radius 3 is 2.32 bits per heavy atom. The van der Waals surface area contributed by atoms with Crippen molar-refractivity contribution in [1.29, 1.82) is 0 Å². The molecular weight excluding hydrogens is 324 g/mol. The number of aromatic nitrogens is 1. The molecule has 1 heterocycles. The summed E-state index contributed by atoms with van der Waals surface area (Å²) >= 11 is 0. The van der Waals surface area contributed by atoms with Crippen LogP contribution in [-0.2, 0) is 9.05 Å². The van der Waals surface area contributed by atoms with E-state index in [-0.39, 0.29) is 6.20 Å². The maximum Gasteiger partial charge on any atom is 0.573 e. The minimum Gasteiger partial charge on any atom is -0.400 e. The van der Waals surface area contributed by atoms with E-state index in [2.05, 4.69) is 9.72 Å². The van der Waals surface area contributed by atoms with Gasteiger partial charge in [0.05, 0.1) is 0 Å². The van der Waals surface area contributed by atoms with Gasteiger partial charge in [0, 0.05) is 10.7 Å². The first-order valence-corrected chi connectivity index (χ1v) is 6.27. The van der Waals surface area contributed by atoms with Crippen molar-refractivity contribution >= 4 is 25.6 Å². The van der Waals surface area contributed by atoms with E-state index < -0.39 is 42.6 Å². The third kappa shape index (κ3) is 3.64. The minimum atomic E-state index is -5.36. The van der Waals surface area contributed by atoms with Crippen molar-refractivity contribution in [3.05, 3.63) is 22.1 Å². The normalized spacial score (nSPS) is 12.3. The molecule has 1 aromatic heterocycles. The number of hydrogen-bond acceptors (Lipinski definition) is 6. The molecule has 0 spiro atoms. The molecule has 0 aliphatic heterocycles. The van der Waals surface area contributed by atoms with Crippen LogP contribution in [-0.4, -0.2) is 24.7 Å². The second-order valence-corrected chi connectivity index (χ2v) is 5.33. The molecule has 0 aliphatic carbocycles. The van der Waals surface area contributed by atoms with Gasteiger partial charge in [-0.05, 0) is 9.91 Å². The van der Waals surface area contributed by atoms with Crippen molar-refractivity contribution in [1.82, 2.24) is 4.98 Å². The summed E-state index contributed by atoms with van der Waals surface area (Å²) in [6.07, 6.45) is -5.33. The Morgan fingerprint density at radius 2 is 1.95 bits per heavy atom. The van der Waals surface area contributed by atoms with Crippen molar-refractivity contribution in [2.24, 2.45) is 0 Å². The molecule has 0 unspecified atom stereocenters. The number of alkyl halides is 3. The summed E-state index contributed by atoms with van der Waals surface area (Å²) in [5, 5.41) is 10.3. The zero-order valence-electron chi connectivity index (χ0n) is 8.31. The Morgan fingerprint density at radius 1 is 1.42 bits per heavy atom. The molecule has 0 saturated heterocycles. The van der Waals surface area contributed by atoms with Gasteiger partial charge in [-0.15, -0.1) is 13.2 Å². The smallest absolute Gasteiger partial charge is 0.400 e. The SMILES string of the molecule is O=[N+]([O-])c1ncc(OC(F)(F)F)c(S(=O)(=O)Cl)c1F. The fourth-order valence-electron chi connectivity index (χ4n) is 0.997. The third-order valence-corrected chi connectivity index (χ3v) is 2.90. The van der Waals surface area contributed by atoms with E-state index in [1.165, 1.54) is 0 Å². The van der Waals surface area contributed by atoms with E-state index >= 15 is 0 Å². The first-order chi connectivity index (χ1) is 8.43. The van der Waals surface area contributed by atoms with Gasteiger partial charge in [0.25, 0.3) is 9.05 Å². The summed E-state index contributed by atoms with van der Waals surface area (Å²) in [5.74, 6) is -5.36. The Balaban J connectivity index is 3.59. The molecule has 0 saturated carbocycles. The number of rotatable bonds is 3. The van der Waals surface area contributed by atoms with Crippen LogP contribution in [0.15, 0.2) is 11.1 Å². The number of nitrogens with zero attached hydrogens (tertiary/aromatic N) is 2. The van der Waals surface area contributed by atoms with Crippen molar-refractivity contribution in [2.75, 3.05) is 0 Å². The van der Waals surface area contributed by atoms with Gasteiger partial charge in [0.2, 0.25) is 5.82 Å². The van der Waals surface area contributed by atoms with Crippen LogP contribution in [0, 0.1) is 15.9 Å². The van der Waals surface area contributed by atoms with Crippen molar-refractivity contribution in [3.8, 4) is 5.75 Å². The van der Waals surface area contributed by atoms with Crippen LogP contribution in [0.1, 0.15) is 0 Å². The molecule has 0 bridgehead atoms. The van der Waals surface area contributed by atoms with E-state index in [4.69, 9.17) is 10.7 Å². The quantitative estimate of drug-likeness (QED) is 0.365. The second-order valence-electron chi connectivity index (χ2n) is 2.83. The highest BCUT2D eigenvalue weighted by molar-refractivity contribution is 8.13. The van der Waals surface area contributed by atoms with Crippen LogP contribution in [0.3, 0.4) is 0 Å². The lowest BCUT2D eigenvalue weighted by molar-refractivity contribution is -0.392. The summed E-state index contributed by atoms with van der Waals surface area (Å²) in [7, 11) is -0.356. The topological polar surface area (TPSA) is 99.4 Å². The van der Waals surface area contributed by atoms with E-state index in [0.29, 0.717) is 0 Å². The molecule has 0 atom stereocenters. The van der Waals surface area contributed by atoms with Crippen LogP contribution in [0.5, 0.6) is 5.75 Å². The molecule has 13 heteroatoms. The fourth-order valence-corrected chi connectivity index (χ4v) is 2.07. The Labute approximate surface area is 106 Å². The largest absolute Gasteiger partial charge is 0.573 e. The van der Waals surface area contributed by atoms with Crippen LogP contribution < -0.4 is 4.74 Å². The first-order valence-electron chi connectivity index (χ1n) is 3.97. The van der Waals surface area contributed by atoms with Crippen LogP contribution >= 0.6 is 10.7 Å². The minimum absolute atomic E-state index is 0.0317. The Bertz CT molecular complexity index is 631. The summed E-state index contributed by atoms with van der Waals surface area (Å²) in [6, 6.07) is 0. The number of halogens is 5. The molecule has 0 amide bonds. The van der Waals surface area contributed by atoms with Gasteiger partial charge in [0.1, 0.15) is 0 Å². The molecule has 106 valence electrons. The monoisotopic (exact) mass is 324 g/mol. The van der Waals surface area contributed by atoms with Crippen molar-refractivity contribution in [2.45, 2.75) is 11.3 Å². The standard InChI is InChI=1S/C6HClF4N2O5S/c7-19(16,17)4-2(18-6(9,10)11)1-12-5(3(4)8)13(14)15/h1H. The molecule has 0 N–H and O–H groups in total. The zero-order valence-corrected chi connectivity index (χ0v) is 9.88. The number of ether oxygens (including phenoxy) is 1. The van der Waals surface area contributed by atoms with Gasteiger partial charge in [0.15, 0.2) is 16.8 Å². The van der Waals surface area contributed by atoms with Crippen LogP contribution in [0.25, 0.3) is 0 Å². The highest BCUT2D eigenvalue weighted by Crippen LogP contribution is 2.35. The molecule has 7 nitrogen and oxygen atoms in total. The first kappa shape index (κ1) is 15.4. The Hall–Kier alpha value is -1.69. The highest BCUT2D eigenvalue weighted by Gasteiger charge is 2.38. The highest BCUT2D eigenvalue weighted by atomic mass is 35.7. The zero-order chi connectivity index (χ0) is 15.0. The number of pyridine rings is 1. The molecule has 0 aliphatic rings. The van der Waals surface area contributed by atoms with E-state index in [0.717, 1.165) is 0 Å². The lowest BCUT2D eigenvalue weighted by Gasteiger charge is -2.10. The molecule has 1 aromatic rings. The lowest BCUT2D eigenvalue weighted by Crippen LogP contribution is -2.19. The predicted octanol–water partition coefficient (Wildman–Crippen LogP) is 1.95. The summed E-state index contributed by atoms with van der Waals surface area (Å²) in [5.41, 5.74) is 0. The average molecular weight is 325 g/mol. The van der Waals surface area contributed by atoms with Gasteiger partial charge in [-0.3, -0.25) is 0 Å². The van der Waals surface area contributed by atoms with Gasteiger partial charge < -0.3 is 14.9 Å². The van der Waals surface area contributed by atoms with Gasteiger partial charge in [-0.25, -0.2) is 8.42 Å². The van der Waals surface area contributed by atoms with E-state index in [1.807, 2.05) is 0 Å². The fraction of sp³-hybridized carbons (Fsp3) is 0.167.